The molecule has 0 spiro atoms. The number of rotatable bonds is 6. The average molecular weight is 374 g/mol. The first kappa shape index (κ1) is 19.4. The van der Waals surface area contributed by atoms with E-state index in [1.807, 2.05) is 50.2 Å². The molecule has 4 nitrogen and oxygen atoms in total. The van der Waals surface area contributed by atoms with Crippen LogP contribution in [0.1, 0.15) is 41.5 Å². The Bertz CT molecular complexity index is 970. The fourth-order valence-electron chi connectivity index (χ4n) is 2.74. The van der Waals surface area contributed by atoms with Crippen molar-refractivity contribution in [2.24, 2.45) is 0 Å². The third-order valence-electron chi connectivity index (χ3n) is 4.13. The van der Waals surface area contributed by atoms with Gasteiger partial charge in [-0.3, -0.25) is 4.79 Å². The molecule has 0 aromatic heterocycles. The van der Waals surface area contributed by atoms with Crippen LogP contribution in [0.3, 0.4) is 0 Å². The van der Waals surface area contributed by atoms with Crippen LogP contribution in [0.15, 0.2) is 72.8 Å². The number of hydrogen-bond acceptors (Lipinski definition) is 4. The molecular weight excluding hydrogens is 352 g/mol. The van der Waals surface area contributed by atoms with Crippen molar-refractivity contribution in [3.63, 3.8) is 0 Å². The molecule has 0 aliphatic rings. The summed E-state index contributed by atoms with van der Waals surface area (Å²) in [7, 11) is 0. The number of hydrogen-bond donors (Lipinski definition) is 0. The molecule has 0 saturated carbocycles. The minimum Gasteiger partial charge on any atom is -0.491 e. The predicted octanol–water partition coefficient (Wildman–Crippen LogP) is 5.56. The molecule has 0 unspecified atom stereocenters. The second kappa shape index (κ2) is 8.53. The minimum absolute atomic E-state index is 0.0937. The smallest absolute Gasteiger partial charge is 0.343 e. The van der Waals surface area contributed by atoms with Crippen LogP contribution in [0.5, 0.6) is 11.5 Å². The van der Waals surface area contributed by atoms with Crippen molar-refractivity contribution < 1.29 is 19.1 Å². The number of carbonyl (C=O) groups is 2. The van der Waals surface area contributed by atoms with Gasteiger partial charge in [0.15, 0.2) is 5.78 Å². The number of carbonyl (C=O) groups excluding carboxylic acids is 2. The van der Waals surface area contributed by atoms with Gasteiger partial charge in [-0.05, 0) is 68.3 Å². The molecule has 0 aliphatic heterocycles. The van der Waals surface area contributed by atoms with Crippen LogP contribution in [-0.4, -0.2) is 17.9 Å². The molecule has 0 bridgehead atoms. The van der Waals surface area contributed by atoms with Gasteiger partial charge in [0.2, 0.25) is 0 Å². The van der Waals surface area contributed by atoms with E-state index in [9.17, 15) is 9.59 Å². The summed E-state index contributed by atoms with van der Waals surface area (Å²) in [6, 6.07) is 21.7. The van der Waals surface area contributed by atoms with E-state index in [1.54, 1.807) is 36.4 Å². The van der Waals surface area contributed by atoms with Gasteiger partial charge < -0.3 is 9.47 Å². The largest absolute Gasteiger partial charge is 0.491 e. The van der Waals surface area contributed by atoms with Crippen molar-refractivity contribution >= 4 is 11.8 Å². The quantitative estimate of drug-likeness (QED) is 0.322. The summed E-state index contributed by atoms with van der Waals surface area (Å²) in [6.07, 6.45) is 0.135. The Morgan fingerprint density at radius 2 is 1.29 bits per heavy atom. The first-order valence-electron chi connectivity index (χ1n) is 9.13. The second-order valence-corrected chi connectivity index (χ2v) is 6.74. The zero-order valence-electron chi connectivity index (χ0n) is 16.1. The fourth-order valence-corrected chi connectivity index (χ4v) is 2.74. The molecule has 0 atom stereocenters. The highest BCUT2D eigenvalue weighted by molar-refractivity contribution is 5.98. The molecule has 0 saturated heterocycles. The van der Waals surface area contributed by atoms with Crippen LogP contribution in [-0.2, 0) is 0 Å². The number of esters is 1. The molecule has 0 amide bonds. The standard InChI is InChI=1S/C24H22O4/c1-16(2)27-22-11-7-18(8-12-22)19-9-13-23(14-10-19)28-24(26)21-6-4-5-20(15-21)17(3)25/h4-16H,1-3H3. The lowest BCUT2D eigenvalue weighted by molar-refractivity contribution is 0.0734. The van der Waals surface area contributed by atoms with E-state index in [2.05, 4.69) is 0 Å². The van der Waals surface area contributed by atoms with Crippen LogP contribution >= 0.6 is 0 Å². The summed E-state index contributed by atoms with van der Waals surface area (Å²) in [5.74, 6) is 0.689. The van der Waals surface area contributed by atoms with Crippen LogP contribution in [0.4, 0.5) is 0 Å². The van der Waals surface area contributed by atoms with Crippen molar-refractivity contribution in [3.8, 4) is 22.6 Å². The van der Waals surface area contributed by atoms with E-state index in [4.69, 9.17) is 9.47 Å². The number of benzene rings is 3. The average Bonchev–Trinajstić information content (AvgIpc) is 2.69. The van der Waals surface area contributed by atoms with E-state index in [0.717, 1.165) is 16.9 Å². The first-order valence-corrected chi connectivity index (χ1v) is 9.13. The Labute approximate surface area is 164 Å². The number of ether oxygens (including phenoxy) is 2. The Morgan fingerprint density at radius 3 is 1.82 bits per heavy atom. The summed E-state index contributed by atoms with van der Waals surface area (Å²) in [5, 5.41) is 0. The van der Waals surface area contributed by atoms with Crippen molar-refractivity contribution in [3.05, 3.63) is 83.9 Å². The number of Topliss-reactive ketones (excluding diaryl/α,β-unsaturated/α-hetero) is 1. The van der Waals surface area contributed by atoms with Crippen LogP contribution in [0.25, 0.3) is 11.1 Å². The molecule has 3 aromatic rings. The molecule has 0 aliphatic carbocycles. The zero-order valence-corrected chi connectivity index (χ0v) is 16.1. The summed E-state index contributed by atoms with van der Waals surface area (Å²) in [6.45, 7) is 5.44. The van der Waals surface area contributed by atoms with Gasteiger partial charge in [0, 0.05) is 5.56 Å². The topological polar surface area (TPSA) is 52.6 Å². The van der Waals surface area contributed by atoms with Crippen molar-refractivity contribution in [1.29, 1.82) is 0 Å². The van der Waals surface area contributed by atoms with E-state index < -0.39 is 5.97 Å². The monoisotopic (exact) mass is 374 g/mol. The minimum atomic E-state index is -0.494. The Balaban J connectivity index is 1.70. The molecule has 3 rings (SSSR count). The Hall–Kier alpha value is -3.40. The van der Waals surface area contributed by atoms with Crippen LogP contribution in [0.2, 0.25) is 0 Å². The van der Waals surface area contributed by atoms with Crippen LogP contribution < -0.4 is 9.47 Å². The van der Waals surface area contributed by atoms with E-state index in [-0.39, 0.29) is 11.9 Å². The first-order chi connectivity index (χ1) is 13.4. The van der Waals surface area contributed by atoms with Gasteiger partial charge in [0.25, 0.3) is 0 Å². The molecule has 0 fully saturated rings. The molecule has 3 aromatic carbocycles. The maximum absolute atomic E-state index is 12.3. The van der Waals surface area contributed by atoms with E-state index in [1.165, 1.54) is 6.92 Å². The summed E-state index contributed by atoms with van der Waals surface area (Å²) in [5.41, 5.74) is 2.88. The van der Waals surface area contributed by atoms with Gasteiger partial charge in [-0.25, -0.2) is 4.79 Å². The molecule has 28 heavy (non-hydrogen) atoms. The van der Waals surface area contributed by atoms with Crippen molar-refractivity contribution in [2.45, 2.75) is 26.9 Å². The maximum Gasteiger partial charge on any atom is 0.343 e. The third kappa shape index (κ3) is 4.86. The van der Waals surface area contributed by atoms with Gasteiger partial charge in [0.1, 0.15) is 11.5 Å². The molecule has 0 N–H and O–H groups in total. The lowest BCUT2D eigenvalue weighted by Crippen LogP contribution is -2.09. The van der Waals surface area contributed by atoms with Gasteiger partial charge >= 0.3 is 5.97 Å². The summed E-state index contributed by atoms with van der Waals surface area (Å²) < 4.78 is 11.1. The maximum atomic E-state index is 12.3. The Morgan fingerprint density at radius 1 is 0.750 bits per heavy atom. The molecular formula is C24H22O4. The molecule has 0 radical (unpaired) electrons. The molecule has 4 heteroatoms. The summed E-state index contributed by atoms with van der Waals surface area (Å²) >= 11 is 0. The molecule has 0 heterocycles. The Kier molecular flexibility index (Phi) is 5.90. The lowest BCUT2D eigenvalue weighted by Gasteiger charge is -2.10. The highest BCUT2D eigenvalue weighted by Crippen LogP contribution is 2.25. The molecule has 142 valence electrons. The highest BCUT2D eigenvalue weighted by Gasteiger charge is 2.11. The number of ketones is 1. The van der Waals surface area contributed by atoms with Gasteiger partial charge in [-0.1, -0.05) is 36.4 Å². The van der Waals surface area contributed by atoms with E-state index in [0.29, 0.717) is 16.9 Å². The summed E-state index contributed by atoms with van der Waals surface area (Å²) in [4.78, 5) is 23.8. The second-order valence-electron chi connectivity index (χ2n) is 6.74. The zero-order chi connectivity index (χ0) is 20.1. The SMILES string of the molecule is CC(=O)c1cccc(C(=O)Oc2ccc(-c3ccc(OC(C)C)cc3)cc2)c1. The highest BCUT2D eigenvalue weighted by atomic mass is 16.5. The predicted molar refractivity (Wildman–Crippen MR) is 109 cm³/mol. The van der Waals surface area contributed by atoms with E-state index >= 15 is 0 Å². The van der Waals surface area contributed by atoms with Crippen molar-refractivity contribution in [1.82, 2.24) is 0 Å². The third-order valence-corrected chi connectivity index (χ3v) is 4.13. The fraction of sp³-hybridized carbons (Fsp3) is 0.167. The van der Waals surface area contributed by atoms with Gasteiger partial charge in [-0.2, -0.15) is 0 Å². The lowest BCUT2D eigenvalue weighted by atomic mass is 10.1. The van der Waals surface area contributed by atoms with Gasteiger partial charge in [-0.15, -0.1) is 0 Å². The van der Waals surface area contributed by atoms with Gasteiger partial charge in [0.05, 0.1) is 11.7 Å². The van der Waals surface area contributed by atoms with Crippen molar-refractivity contribution in [2.75, 3.05) is 0 Å². The normalized spacial score (nSPS) is 10.6. The van der Waals surface area contributed by atoms with Crippen LogP contribution in [0, 0.1) is 0 Å².